The summed E-state index contributed by atoms with van der Waals surface area (Å²) in [5.74, 6) is 3.25. The van der Waals surface area contributed by atoms with Crippen molar-refractivity contribution in [3.63, 3.8) is 0 Å². The van der Waals surface area contributed by atoms with E-state index in [2.05, 4.69) is 26.7 Å². The van der Waals surface area contributed by atoms with Crippen LogP contribution in [-0.4, -0.2) is 12.2 Å². The molecule has 0 saturated carbocycles. The van der Waals surface area contributed by atoms with E-state index >= 15 is 0 Å². The number of hydrogen-bond donors (Lipinski definition) is 1. The van der Waals surface area contributed by atoms with Crippen LogP contribution in [0, 0.1) is 12.3 Å². The van der Waals surface area contributed by atoms with Gasteiger partial charge in [-0.25, -0.2) is 0 Å². The van der Waals surface area contributed by atoms with Gasteiger partial charge >= 0.3 is 0 Å². The largest absolute Gasteiger partial charge is 0.497 e. The van der Waals surface area contributed by atoms with Crippen molar-refractivity contribution < 1.29 is 9.84 Å². The first-order chi connectivity index (χ1) is 10.3. The predicted octanol–water partition coefficient (Wildman–Crippen LogP) is 3.86. The molecule has 0 saturated heterocycles. The highest BCUT2D eigenvalue weighted by Gasteiger charge is 2.29. The predicted molar refractivity (Wildman–Crippen MR) is 90.0 cm³/mol. The zero-order chi connectivity index (χ0) is 16.4. The van der Waals surface area contributed by atoms with Crippen LogP contribution >= 0.6 is 0 Å². The second-order valence-electron chi connectivity index (χ2n) is 6.41. The van der Waals surface area contributed by atoms with Crippen LogP contribution in [0.2, 0.25) is 0 Å². The fourth-order valence-electron chi connectivity index (χ4n) is 2.38. The van der Waals surface area contributed by atoms with Gasteiger partial charge < -0.3 is 9.84 Å². The zero-order valence-electron chi connectivity index (χ0n) is 13.6. The van der Waals surface area contributed by atoms with Crippen molar-refractivity contribution in [3.8, 4) is 18.1 Å². The molecule has 2 nitrogen and oxygen atoms in total. The molecule has 0 bridgehead atoms. The van der Waals surface area contributed by atoms with Crippen LogP contribution in [0.5, 0.6) is 5.75 Å². The maximum Gasteiger partial charge on any atom is 0.176 e. The Morgan fingerprint density at radius 2 is 1.27 bits per heavy atom. The lowest BCUT2D eigenvalue weighted by Gasteiger charge is -2.25. The highest BCUT2D eigenvalue weighted by Crippen LogP contribution is 2.32. The minimum absolute atomic E-state index is 0.0624. The maximum atomic E-state index is 10.9. The van der Waals surface area contributed by atoms with Gasteiger partial charge in [0.1, 0.15) is 5.75 Å². The van der Waals surface area contributed by atoms with Crippen molar-refractivity contribution in [1.82, 2.24) is 0 Å². The Bertz CT molecular complexity index is 670. The molecule has 1 atom stereocenters. The van der Waals surface area contributed by atoms with Gasteiger partial charge in [-0.15, -0.1) is 6.42 Å². The van der Waals surface area contributed by atoms with Gasteiger partial charge in [-0.1, -0.05) is 63.1 Å². The molecule has 2 heteroatoms. The molecule has 0 amide bonds. The molecule has 0 fully saturated rings. The third kappa shape index (κ3) is 3.00. The molecule has 1 N–H and O–H groups in total. The maximum absolute atomic E-state index is 10.9. The van der Waals surface area contributed by atoms with Crippen molar-refractivity contribution in [2.45, 2.75) is 31.8 Å². The fourth-order valence-corrected chi connectivity index (χ4v) is 2.38. The molecule has 2 rings (SSSR count). The monoisotopic (exact) mass is 294 g/mol. The average Bonchev–Trinajstić information content (AvgIpc) is 2.53. The molecule has 0 aliphatic heterocycles. The number of rotatable bonds is 3. The summed E-state index contributed by atoms with van der Waals surface area (Å²) in [4.78, 5) is 0. The number of methoxy groups -OCH3 is 1. The number of aliphatic hydroxyl groups is 1. The molecule has 114 valence electrons. The van der Waals surface area contributed by atoms with Gasteiger partial charge in [0.15, 0.2) is 5.60 Å². The van der Waals surface area contributed by atoms with E-state index in [9.17, 15) is 5.11 Å². The summed E-state index contributed by atoms with van der Waals surface area (Å²) in [6, 6.07) is 15.0. The number of hydrogen-bond acceptors (Lipinski definition) is 2. The molecule has 0 aliphatic carbocycles. The third-order valence-electron chi connectivity index (χ3n) is 3.89. The second kappa shape index (κ2) is 5.87. The summed E-state index contributed by atoms with van der Waals surface area (Å²) in [6.45, 7) is 6.45. The lowest BCUT2D eigenvalue weighted by molar-refractivity contribution is 0.145. The SMILES string of the molecule is C#CC(O)(c1ccc(OC)cc1)c1ccc(C(C)(C)C)cc1. The van der Waals surface area contributed by atoms with Gasteiger partial charge in [0, 0.05) is 11.1 Å². The van der Waals surface area contributed by atoms with E-state index in [1.54, 1.807) is 31.4 Å². The van der Waals surface area contributed by atoms with Crippen LogP contribution in [0.25, 0.3) is 0 Å². The van der Waals surface area contributed by atoms with Gasteiger partial charge in [0.2, 0.25) is 0 Å². The minimum Gasteiger partial charge on any atom is -0.497 e. The molecule has 0 radical (unpaired) electrons. The Labute approximate surface area is 132 Å². The molecule has 0 aromatic heterocycles. The van der Waals surface area contributed by atoms with E-state index in [0.29, 0.717) is 11.1 Å². The molecule has 2 aromatic rings. The Morgan fingerprint density at radius 3 is 1.64 bits per heavy atom. The van der Waals surface area contributed by atoms with Crippen molar-refractivity contribution in [2.24, 2.45) is 0 Å². The second-order valence-corrected chi connectivity index (χ2v) is 6.41. The zero-order valence-corrected chi connectivity index (χ0v) is 13.6. The van der Waals surface area contributed by atoms with Crippen molar-refractivity contribution in [1.29, 1.82) is 0 Å². The molecular weight excluding hydrogens is 272 g/mol. The molecule has 22 heavy (non-hydrogen) atoms. The fraction of sp³-hybridized carbons (Fsp3) is 0.300. The van der Waals surface area contributed by atoms with Gasteiger partial charge in [0.05, 0.1) is 7.11 Å². The summed E-state index contributed by atoms with van der Waals surface area (Å²) < 4.78 is 5.14. The Morgan fingerprint density at radius 1 is 0.864 bits per heavy atom. The van der Waals surface area contributed by atoms with Gasteiger partial charge in [0.25, 0.3) is 0 Å². The van der Waals surface area contributed by atoms with Crippen LogP contribution in [0.3, 0.4) is 0 Å². The topological polar surface area (TPSA) is 29.5 Å². The summed E-state index contributed by atoms with van der Waals surface area (Å²) in [5, 5.41) is 10.9. The molecule has 0 aliphatic rings. The molecular formula is C20H22O2. The lowest BCUT2D eigenvalue weighted by Crippen LogP contribution is -2.25. The van der Waals surface area contributed by atoms with Crippen molar-refractivity contribution >= 4 is 0 Å². The summed E-state index contributed by atoms with van der Waals surface area (Å²) in [5.41, 5.74) is 1.16. The first-order valence-electron chi connectivity index (χ1n) is 7.27. The van der Waals surface area contributed by atoms with Gasteiger partial charge in [-0.05, 0) is 23.1 Å². The molecule has 0 spiro atoms. The number of benzene rings is 2. The van der Waals surface area contributed by atoms with Crippen LogP contribution in [0.15, 0.2) is 48.5 Å². The quantitative estimate of drug-likeness (QED) is 0.871. The Kier molecular flexibility index (Phi) is 4.30. The van der Waals surface area contributed by atoms with Gasteiger partial charge in [-0.2, -0.15) is 0 Å². The van der Waals surface area contributed by atoms with Crippen molar-refractivity contribution in [2.75, 3.05) is 7.11 Å². The smallest absolute Gasteiger partial charge is 0.176 e. The number of ether oxygens (including phenoxy) is 1. The van der Waals surface area contributed by atoms with Crippen LogP contribution in [0.4, 0.5) is 0 Å². The highest BCUT2D eigenvalue weighted by atomic mass is 16.5. The normalized spacial score (nSPS) is 14.0. The highest BCUT2D eigenvalue weighted by molar-refractivity contribution is 5.46. The Balaban J connectivity index is 2.43. The van der Waals surface area contributed by atoms with E-state index in [0.717, 1.165) is 5.75 Å². The average molecular weight is 294 g/mol. The Hall–Kier alpha value is -2.24. The van der Waals surface area contributed by atoms with E-state index in [1.165, 1.54) is 5.56 Å². The van der Waals surface area contributed by atoms with Crippen LogP contribution in [-0.2, 0) is 11.0 Å². The minimum atomic E-state index is -1.44. The summed E-state index contributed by atoms with van der Waals surface area (Å²) in [6.07, 6.45) is 5.63. The third-order valence-corrected chi connectivity index (χ3v) is 3.89. The van der Waals surface area contributed by atoms with E-state index < -0.39 is 5.60 Å². The first-order valence-corrected chi connectivity index (χ1v) is 7.27. The van der Waals surface area contributed by atoms with E-state index in [4.69, 9.17) is 11.2 Å². The van der Waals surface area contributed by atoms with Gasteiger partial charge in [-0.3, -0.25) is 0 Å². The van der Waals surface area contributed by atoms with Crippen LogP contribution < -0.4 is 4.74 Å². The van der Waals surface area contributed by atoms with Crippen molar-refractivity contribution in [3.05, 3.63) is 65.2 Å². The molecule has 2 aromatic carbocycles. The van der Waals surface area contributed by atoms with E-state index in [-0.39, 0.29) is 5.41 Å². The standard InChI is InChI=1S/C20H22O2/c1-6-20(21,17-11-13-18(22-5)14-12-17)16-9-7-15(8-10-16)19(2,3)4/h1,7-14,21H,2-5H3. The summed E-state index contributed by atoms with van der Waals surface area (Å²) in [7, 11) is 1.60. The number of terminal acetylenes is 1. The molecule has 1 unspecified atom stereocenters. The lowest BCUT2D eigenvalue weighted by atomic mass is 9.83. The first kappa shape index (κ1) is 16.1. The summed E-state index contributed by atoms with van der Waals surface area (Å²) >= 11 is 0. The molecule has 0 heterocycles. The van der Waals surface area contributed by atoms with E-state index in [1.807, 2.05) is 24.3 Å². The van der Waals surface area contributed by atoms with Crippen LogP contribution in [0.1, 0.15) is 37.5 Å².